The molecular formula is C10H7MnO4. The number of ketones is 1. The van der Waals surface area contributed by atoms with Crippen molar-refractivity contribution in [3.63, 3.8) is 0 Å². The van der Waals surface area contributed by atoms with Crippen LogP contribution in [0.4, 0.5) is 0 Å². The van der Waals surface area contributed by atoms with E-state index in [0.29, 0.717) is 0 Å². The zero-order chi connectivity index (χ0) is 12.0. The van der Waals surface area contributed by atoms with Crippen molar-refractivity contribution in [3.8, 4) is 0 Å². The van der Waals surface area contributed by atoms with Gasteiger partial charge in [0.05, 0.1) is 0 Å². The fourth-order valence-corrected chi connectivity index (χ4v) is 0.609. The molecule has 1 rings (SSSR count). The van der Waals surface area contributed by atoms with Crippen LogP contribution >= 0.6 is 0 Å². The van der Waals surface area contributed by atoms with E-state index >= 15 is 0 Å². The predicted octanol–water partition coefficient (Wildman–Crippen LogP) is 1.16. The number of hydrogen-bond acceptors (Lipinski definition) is 1. The minimum Gasteiger partial charge on any atom is 0 e. The second kappa shape index (κ2) is 23.1. The number of hydrogen-bond donors (Lipinski definition) is 0. The molecule has 0 aliphatic heterocycles. The fraction of sp³-hybridized carbons (Fsp3) is 0.100. The summed E-state index contributed by atoms with van der Waals surface area (Å²) >= 11 is 0. The second-order valence-electron chi connectivity index (χ2n) is 1.73. The van der Waals surface area contributed by atoms with Crippen molar-refractivity contribution in [2.24, 2.45) is 0 Å². The van der Waals surface area contributed by atoms with E-state index in [-0.39, 0.29) is 22.9 Å². The molecule has 0 heterocycles. The maximum atomic E-state index is 10.5. The van der Waals surface area contributed by atoms with Crippen LogP contribution < -0.4 is 0 Å². The molecule has 0 spiro atoms. The second-order valence-corrected chi connectivity index (χ2v) is 1.73. The molecular weight excluding hydrogens is 239 g/mol. The molecule has 0 N–H and O–H groups in total. The van der Waals surface area contributed by atoms with Crippen LogP contribution in [-0.2, 0) is 35.8 Å². The van der Waals surface area contributed by atoms with E-state index in [4.69, 9.17) is 14.0 Å². The van der Waals surface area contributed by atoms with Gasteiger partial charge in [0.2, 0.25) is 0 Å². The largest absolute Gasteiger partial charge is 0 e. The molecule has 0 saturated carbocycles. The summed E-state index contributed by atoms with van der Waals surface area (Å²) in [5.41, 5.74) is 0.796. The van der Waals surface area contributed by atoms with Gasteiger partial charge in [-0.05, 0) is 6.92 Å². The molecule has 2 radical (unpaired) electrons. The van der Waals surface area contributed by atoms with Crippen LogP contribution in [0.25, 0.3) is 0 Å². The molecule has 0 aromatic rings. The molecule has 0 saturated heterocycles. The Balaban J connectivity index is -0.0000000755. The third-order valence-electron chi connectivity index (χ3n) is 1.07. The Kier molecular flexibility index (Phi) is 36.3. The molecule has 1 aliphatic rings. The van der Waals surface area contributed by atoms with Crippen molar-refractivity contribution >= 4 is 5.78 Å². The van der Waals surface area contributed by atoms with Gasteiger partial charge in [0.15, 0.2) is 5.78 Å². The summed E-state index contributed by atoms with van der Waals surface area (Å²) in [7, 11) is 0. The zero-order valence-electron chi connectivity index (χ0n) is 7.82. The minimum absolute atomic E-state index is 0. The first-order valence-corrected chi connectivity index (χ1v) is 3.14. The Labute approximate surface area is 99.1 Å². The molecule has 0 atom stereocenters. The average Bonchev–Trinajstić information content (AvgIpc) is 2.80. The van der Waals surface area contributed by atoms with Crippen molar-refractivity contribution in [2.75, 3.05) is 0 Å². The van der Waals surface area contributed by atoms with Gasteiger partial charge in [0, 0.05) is 29.1 Å². The van der Waals surface area contributed by atoms with E-state index in [9.17, 15) is 4.79 Å². The summed E-state index contributed by atoms with van der Waals surface area (Å²) in [5, 5.41) is 0. The topological polar surface area (TPSA) is 76.8 Å². The molecule has 5 heteroatoms. The van der Waals surface area contributed by atoms with Crippen molar-refractivity contribution in [1.82, 2.24) is 0 Å². The molecule has 78 valence electrons. The van der Waals surface area contributed by atoms with Gasteiger partial charge in [-0.15, -0.1) is 0 Å². The molecule has 0 unspecified atom stereocenters. The SMILES string of the molecule is CC(=O)C1=C[CH]C=C1.[C-]#[O+].[C-]#[O+].[C-]#[O+].[Mn]. The Morgan fingerprint density at radius 2 is 1.53 bits per heavy atom. The summed E-state index contributed by atoms with van der Waals surface area (Å²) in [6.07, 6.45) is 7.33. The Bertz CT molecular complexity index is 257. The first kappa shape index (κ1) is 23.6. The first-order valence-electron chi connectivity index (χ1n) is 3.14. The fourth-order valence-electron chi connectivity index (χ4n) is 0.609. The van der Waals surface area contributed by atoms with Gasteiger partial charge in [0.25, 0.3) is 0 Å². The molecule has 0 aromatic heterocycles. The van der Waals surface area contributed by atoms with Crippen LogP contribution in [0.3, 0.4) is 0 Å². The standard InChI is InChI=1S/C7H7O.3CO.Mn/c1-6(8)7-4-2-3-5-7;3*1-2;/h2-5H,1H3;;;;. The maximum Gasteiger partial charge on any atom is 0 e. The van der Waals surface area contributed by atoms with E-state index in [1.807, 2.05) is 24.6 Å². The monoisotopic (exact) mass is 246 g/mol. The molecule has 0 aromatic carbocycles. The van der Waals surface area contributed by atoms with Gasteiger partial charge in [-0.2, -0.15) is 0 Å². The maximum absolute atomic E-state index is 10.5. The Morgan fingerprint density at radius 1 is 1.13 bits per heavy atom. The van der Waals surface area contributed by atoms with Crippen LogP contribution in [0, 0.1) is 26.4 Å². The average molecular weight is 246 g/mol. The van der Waals surface area contributed by atoms with Crippen molar-refractivity contribution < 1.29 is 35.8 Å². The van der Waals surface area contributed by atoms with Crippen LogP contribution in [-0.4, -0.2) is 5.78 Å². The quantitative estimate of drug-likeness (QED) is 0.388. The third-order valence-corrected chi connectivity index (χ3v) is 1.07. The normalized spacial score (nSPS) is 9.13. The first-order chi connectivity index (χ1) is 6.80. The summed E-state index contributed by atoms with van der Waals surface area (Å²) in [6.45, 7) is 15.1. The molecule has 4 nitrogen and oxygen atoms in total. The summed E-state index contributed by atoms with van der Waals surface area (Å²) in [4.78, 5) is 10.5. The van der Waals surface area contributed by atoms with Crippen LogP contribution in [0.5, 0.6) is 0 Å². The summed E-state index contributed by atoms with van der Waals surface area (Å²) < 4.78 is 22.5. The molecule has 15 heavy (non-hydrogen) atoms. The van der Waals surface area contributed by atoms with E-state index in [1.54, 1.807) is 6.92 Å². The van der Waals surface area contributed by atoms with Gasteiger partial charge in [-0.1, -0.05) is 18.2 Å². The minimum atomic E-state index is 0. The van der Waals surface area contributed by atoms with Gasteiger partial charge in [-0.3, -0.25) is 4.79 Å². The number of allylic oxidation sites excluding steroid dienone is 4. The Morgan fingerprint density at radius 3 is 1.67 bits per heavy atom. The van der Waals surface area contributed by atoms with Gasteiger partial charge < -0.3 is 0 Å². The van der Waals surface area contributed by atoms with Gasteiger partial charge in [0.1, 0.15) is 0 Å². The summed E-state index contributed by atoms with van der Waals surface area (Å²) in [6, 6.07) is 0. The van der Waals surface area contributed by atoms with Crippen LogP contribution in [0.1, 0.15) is 6.92 Å². The van der Waals surface area contributed by atoms with E-state index in [1.165, 1.54) is 0 Å². The number of carbonyl (C=O) groups is 1. The molecule has 1 aliphatic carbocycles. The number of carbonyl (C=O) groups excluding carboxylic acids is 1. The van der Waals surface area contributed by atoms with Crippen molar-refractivity contribution in [2.45, 2.75) is 6.92 Å². The van der Waals surface area contributed by atoms with Crippen molar-refractivity contribution in [1.29, 1.82) is 0 Å². The predicted molar refractivity (Wildman–Crippen MR) is 44.0 cm³/mol. The number of Topliss-reactive ketones (excluding diaryl/α,β-unsaturated/α-hetero) is 1. The van der Waals surface area contributed by atoms with E-state index in [2.05, 4.69) is 20.0 Å². The van der Waals surface area contributed by atoms with Gasteiger partial charge >= 0.3 is 33.9 Å². The summed E-state index contributed by atoms with van der Waals surface area (Å²) in [5.74, 6) is 0.134. The van der Waals surface area contributed by atoms with Gasteiger partial charge in [-0.25, -0.2) is 0 Å². The van der Waals surface area contributed by atoms with Crippen LogP contribution in [0.2, 0.25) is 0 Å². The van der Waals surface area contributed by atoms with E-state index < -0.39 is 0 Å². The third kappa shape index (κ3) is 15.6. The molecule has 0 fully saturated rings. The zero-order valence-corrected chi connectivity index (χ0v) is 9.00. The number of rotatable bonds is 1. The van der Waals surface area contributed by atoms with Crippen molar-refractivity contribution in [3.05, 3.63) is 50.2 Å². The van der Waals surface area contributed by atoms with Crippen LogP contribution in [0.15, 0.2) is 23.8 Å². The Hall–Kier alpha value is -1.11. The molecule has 0 amide bonds. The smallest absolute Gasteiger partial charge is 0 e. The molecule has 0 bridgehead atoms. The van der Waals surface area contributed by atoms with E-state index in [0.717, 1.165) is 5.57 Å².